The monoisotopic (exact) mass is 293 g/mol. The molecule has 5 heteroatoms. The molecule has 0 unspecified atom stereocenters. The quantitative estimate of drug-likeness (QED) is 0.858. The third-order valence-corrected chi connectivity index (χ3v) is 4.84. The molecule has 0 radical (unpaired) electrons. The van der Waals surface area contributed by atoms with E-state index in [1.165, 1.54) is 0 Å². The van der Waals surface area contributed by atoms with Crippen molar-refractivity contribution in [2.45, 2.75) is 30.7 Å². The largest absolute Gasteiger partial charge is 0.396 e. The molecule has 1 atom stereocenters. The number of hydrogen-bond donors (Lipinski definition) is 2. The summed E-state index contributed by atoms with van der Waals surface area (Å²) in [6.07, 6.45) is 1.19. The summed E-state index contributed by atoms with van der Waals surface area (Å²) in [7, 11) is -3.55. The minimum Gasteiger partial charge on any atom is -0.396 e. The van der Waals surface area contributed by atoms with E-state index in [1.54, 1.807) is 19.1 Å². The first-order valence-electron chi connectivity index (χ1n) is 6.65. The van der Waals surface area contributed by atoms with Gasteiger partial charge in [-0.05, 0) is 31.2 Å². The molecular weight excluding hydrogens is 274 g/mol. The van der Waals surface area contributed by atoms with Crippen molar-refractivity contribution in [3.8, 4) is 0 Å². The van der Waals surface area contributed by atoms with Crippen LogP contribution in [0.25, 0.3) is 10.8 Å². The van der Waals surface area contributed by atoms with E-state index >= 15 is 0 Å². The van der Waals surface area contributed by atoms with Gasteiger partial charge >= 0.3 is 0 Å². The van der Waals surface area contributed by atoms with Crippen molar-refractivity contribution in [2.24, 2.45) is 0 Å². The molecule has 108 valence electrons. The van der Waals surface area contributed by atoms with Gasteiger partial charge < -0.3 is 5.11 Å². The van der Waals surface area contributed by atoms with E-state index in [9.17, 15) is 8.42 Å². The lowest BCUT2D eigenvalue weighted by Crippen LogP contribution is -2.32. The van der Waals surface area contributed by atoms with Crippen LogP contribution in [0.2, 0.25) is 0 Å². The van der Waals surface area contributed by atoms with Gasteiger partial charge in [0.1, 0.15) is 0 Å². The predicted octanol–water partition coefficient (Wildman–Crippen LogP) is 2.28. The van der Waals surface area contributed by atoms with Gasteiger partial charge in [-0.15, -0.1) is 0 Å². The zero-order valence-corrected chi connectivity index (χ0v) is 12.2. The molecule has 0 heterocycles. The van der Waals surface area contributed by atoms with Crippen molar-refractivity contribution in [1.82, 2.24) is 4.72 Å². The highest BCUT2D eigenvalue weighted by Gasteiger charge is 2.19. The zero-order chi connectivity index (χ0) is 14.6. The van der Waals surface area contributed by atoms with Crippen molar-refractivity contribution in [3.05, 3.63) is 42.5 Å². The number of fused-ring (bicyclic) bond motifs is 1. The minimum absolute atomic E-state index is 0.0698. The molecule has 0 saturated carbocycles. The van der Waals surface area contributed by atoms with Crippen molar-refractivity contribution in [1.29, 1.82) is 0 Å². The summed E-state index contributed by atoms with van der Waals surface area (Å²) in [6.45, 7) is 1.87. The molecule has 0 saturated heterocycles. The van der Waals surface area contributed by atoms with E-state index in [0.29, 0.717) is 17.7 Å². The number of nitrogens with one attached hydrogen (secondary N) is 1. The maximum Gasteiger partial charge on any atom is 0.241 e. The molecule has 2 aromatic carbocycles. The Morgan fingerprint density at radius 1 is 1.15 bits per heavy atom. The first-order valence-corrected chi connectivity index (χ1v) is 8.14. The number of hydrogen-bond acceptors (Lipinski definition) is 3. The number of aliphatic hydroxyl groups excluding tert-OH is 1. The van der Waals surface area contributed by atoms with Crippen molar-refractivity contribution >= 4 is 20.8 Å². The molecule has 20 heavy (non-hydrogen) atoms. The highest BCUT2D eigenvalue weighted by atomic mass is 32.2. The number of sulfonamides is 1. The van der Waals surface area contributed by atoms with Gasteiger partial charge in [0, 0.05) is 18.0 Å². The van der Waals surface area contributed by atoms with E-state index in [-0.39, 0.29) is 12.6 Å². The summed E-state index contributed by atoms with van der Waals surface area (Å²) in [6, 6.07) is 12.5. The fraction of sp³-hybridized carbons (Fsp3) is 0.333. The van der Waals surface area contributed by atoms with Gasteiger partial charge in [-0.1, -0.05) is 36.4 Å². The van der Waals surface area contributed by atoms with Gasteiger partial charge in [0.15, 0.2) is 0 Å². The first kappa shape index (κ1) is 15.0. The Morgan fingerprint density at radius 3 is 2.60 bits per heavy atom. The SMILES string of the molecule is C[C@@H](CCCO)NS(=O)(=O)c1cccc2ccccc12. The van der Waals surface area contributed by atoms with Crippen LogP contribution in [0.1, 0.15) is 19.8 Å². The first-order chi connectivity index (χ1) is 9.54. The average Bonchev–Trinajstić information content (AvgIpc) is 2.44. The van der Waals surface area contributed by atoms with E-state index in [4.69, 9.17) is 5.11 Å². The highest BCUT2D eigenvalue weighted by molar-refractivity contribution is 7.89. The third-order valence-electron chi connectivity index (χ3n) is 3.19. The Bertz CT molecular complexity index is 677. The number of benzene rings is 2. The van der Waals surface area contributed by atoms with Crippen LogP contribution < -0.4 is 4.72 Å². The standard InChI is InChI=1S/C15H19NO3S/c1-12(6-5-11-17)16-20(18,19)15-10-4-8-13-7-2-3-9-14(13)15/h2-4,7-10,12,16-17H,5-6,11H2,1H3/t12-/m0/s1. The molecule has 0 aliphatic rings. The van der Waals surface area contributed by atoms with Gasteiger partial charge in [-0.3, -0.25) is 0 Å². The van der Waals surface area contributed by atoms with Crippen LogP contribution in [0, 0.1) is 0 Å². The Morgan fingerprint density at radius 2 is 1.85 bits per heavy atom. The van der Waals surface area contributed by atoms with Gasteiger partial charge in [0.25, 0.3) is 0 Å². The lowest BCUT2D eigenvalue weighted by molar-refractivity contribution is 0.279. The van der Waals surface area contributed by atoms with Crippen LogP contribution >= 0.6 is 0 Å². The van der Waals surface area contributed by atoms with Crippen molar-refractivity contribution in [2.75, 3.05) is 6.61 Å². The summed E-state index contributed by atoms with van der Waals surface area (Å²) in [5.74, 6) is 0. The maximum absolute atomic E-state index is 12.4. The van der Waals surface area contributed by atoms with Crippen LogP contribution in [0.15, 0.2) is 47.4 Å². The Labute approximate surface area is 119 Å². The number of aliphatic hydroxyl groups is 1. The molecular formula is C15H19NO3S. The average molecular weight is 293 g/mol. The summed E-state index contributed by atoms with van der Waals surface area (Å²) in [5, 5.41) is 10.4. The fourth-order valence-electron chi connectivity index (χ4n) is 2.21. The Hall–Kier alpha value is -1.43. The van der Waals surface area contributed by atoms with E-state index in [2.05, 4.69) is 4.72 Å². The molecule has 0 fully saturated rings. The van der Waals surface area contributed by atoms with Gasteiger partial charge in [-0.2, -0.15) is 0 Å². The molecule has 0 aromatic heterocycles. The molecule has 2 aromatic rings. The molecule has 0 aliphatic heterocycles. The molecule has 0 aliphatic carbocycles. The van der Waals surface area contributed by atoms with E-state index < -0.39 is 10.0 Å². The molecule has 2 N–H and O–H groups in total. The van der Waals surface area contributed by atoms with Gasteiger partial charge in [0.2, 0.25) is 10.0 Å². The second kappa shape index (κ2) is 6.35. The van der Waals surface area contributed by atoms with Crippen LogP contribution in [-0.4, -0.2) is 26.2 Å². The second-order valence-corrected chi connectivity index (χ2v) is 6.55. The van der Waals surface area contributed by atoms with Crippen LogP contribution in [-0.2, 0) is 10.0 Å². The molecule has 0 bridgehead atoms. The topological polar surface area (TPSA) is 66.4 Å². The lowest BCUT2D eigenvalue weighted by atomic mass is 10.1. The van der Waals surface area contributed by atoms with Crippen LogP contribution in [0.5, 0.6) is 0 Å². The summed E-state index contributed by atoms with van der Waals surface area (Å²) in [4.78, 5) is 0.298. The molecule has 0 amide bonds. The van der Waals surface area contributed by atoms with Gasteiger partial charge in [-0.25, -0.2) is 13.1 Å². The van der Waals surface area contributed by atoms with Crippen LogP contribution in [0.4, 0.5) is 0 Å². The molecule has 0 spiro atoms. The molecule has 4 nitrogen and oxygen atoms in total. The Balaban J connectivity index is 2.32. The lowest BCUT2D eigenvalue weighted by Gasteiger charge is -2.15. The normalized spacial score (nSPS) is 13.5. The number of rotatable bonds is 6. The van der Waals surface area contributed by atoms with Crippen molar-refractivity contribution in [3.63, 3.8) is 0 Å². The smallest absolute Gasteiger partial charge is 0.241 e. The summed E-state index contributed by atoms with van der Waals surface area (Å²) < 4.78 is 27.6. The van der Waals surface area contributed by atoms with E-state index in [1.807, 2.05) is 30.3 Å². The Kier molecular flexibility index (Phi) is 4.75. The zero-order valence-electron chi connectivity index (χ0n) is 11.4. The highest BCUT2D eigenvalue weighted by Crippen LogP contribution is 2.22. The predicted molar refractivity (Wildman–Crippen MR) is 80.1 cm³/mol. The molecule has 2 rings (SSSR count). The fourth-order valence-corrected chi connectivity index (χ4v) is 3.72. The van der Waals surface area contributed by atoms with E-state index in [0.717, 1.165) is 10.8 Å². The maximum atomic E-state index is 12.4. The minimum atomic E-state index is -3.55. The second-order valence-electron chi connectivity index (χ2n) is 4.87. The van der Waals surface area contributed by atoms with Crippen LogP contribution in [0.3, 0.4) is 0 Å². The third kappa shape index (κ3) is 3.36. The van der Waals surface area contributed by atoms with Gasteiger partial charge in [0.05, 0.1) is 4.90 Å². The van der Waals surface area contributed by atoms with Crippen molar-refractivity contribution < 1.29 is 13.5 Å². The summed E-state index contributed by atoms with van der Waals surface area (Å²) >= 11 is 0. The summed E-state index contributed by atoms with van der Waals surface area (Å²) in [5.41, 5.74) is 0.